The maximum Gasteiger partial charge on any atom is 0.416 e. The number of hydrogen-bond acceptors (Lipinski definition) is 6. The summed E-state index contributed by atoms with van der Waals surface area (Å²) in [5.74, 6) is -0.203. The molecule has 2 heterocycles. The summed E-state index contributed by atoms with van der Waals surface area (Å²) in [4.78, 5) is 28.9. The highest BCUT2D eigenvalue weighted by Crippen LogP contribution is 2.38. The van der Waals surface area contributed by atoms with Gasteiger partial charge in [-0.25, -0.2) is 9.18 Å². The van der Waals surface area contributed by atoms with E-state index < -0.39 is 45.7 Å². The molecular weight excluding hydrogens is 689 g/mol. The zero-order chi connectivity index (χ0) is 37.5. The van der Waals surface area contributed by atoms with Crippen molar-refractivity contribution in [3.63, 3.8) is 0 Å². The standard InChI is InChI=1S/C19H26FN3O3.C11H11F6N.CH4O3S/c1-13-11-15(20)3-4-17(13)18-12-16(5-6-23(18)19(25)26)22-9-7-21(8-10-22)14(2)24;1-6(18-2)7-3-8(10(12,13)14)5-9(4-7)11(15,16)17;1-5(2,3)4/h3-4,11,16,18H,5-10,12H2,1-2H3,(H,25,26);3-6,18H,1-2H3;1H3,(H,2,3,4)/t16-,18+;6-;/m01./s1. The molecule has 0 aromatic heterocycles. The number of likely N-dealkylation sites (tertiary alicyclic amines) is 1. The van der Waals surface area contributed by atoms with Gasteiger partial charge in [0.25, 0.3) is 10.1 Å². The van der Waals surface area contributed by atoms with E-state index in [9.17, 15) is 53.8 Å². The van der Waals surface area contributed by atoms with Gasteiger partial charge >= 0.3 is 18.4 Å². The Morgan fingerprint density at radius 3 is 1.86 bits per heavy atom. The molecule has 276 valence electrons. The number of hydrogen-bond donors (Lipinski definition) is 3. The van der Waals surface area contributed by atoms with Crippen molar-refractivity contribution in [2.75, 3.05) is 46.0 Å². The molecule has 0 spiro atoms. The third kappa shape index (κ3) is 13.1. The molecule has 0 bridgehead atoms. The molecule has 2 saturated heterocycles. The van der Waals surface area contributed by atoms with E-state index in [1.54, 1.807) is 13.0 Å². The van der Waals surface area contributed by atoms with Gasteiger partial charge < -0.3 is 20.2 Å². The van der Waals surface area contributed by atoms with Gasteiger partial charge in [0.15, 0.2) is 0 Å². The van der Waals surface area contributed by atoms with Gasteiger partial charge in [-0.05, 0) is 80.8 Å². The first-order valence-corrected chi connectivity index (χ1v) is 16.9. The van der Waals surface area contributed by atoms with E-state index in [4.69, 9.17) is 4.55 Å². The van der Waals surface area contributed by atoms with Gasteiger partial charge in [-0.2, -0.15) is 34.8 Å². The minimum atomic E-state index is -4.80. The lowest BCUT2D eigenvalue weighted by atomic mass is 9.88. The summed E-state index contributed by atoms with van der Waals surface area (Å²) in [5.41, 5.74) is -0.993. The highest BCUT2D eigenvalue weighted by Gasteiger charge is 2.38. The van der Waals surface area contributed by atoms with Gasteiger partial charge in [-0.1, -0.05) is 6.07 Å². The summed E-state index contributed by atoms with van der Waals surface area (Å²) in [5, 5.41) is 12.2. The predicted octanol–water partition coefficient (Wildman–Crippen LogP) is 5.99. The maximum atomic E-state index is 13.5. The number of piperazine rings is 1. The van der Waals surface area contributed by atoms with E-state index in [1.165, 1.54) is 31.0 Å². The van der Waals surface area contributed by atoms with E-state index in [0.717, 1.165) is 42.8 Å². The molecule has 2 aromatic rings. The second kappa shape index (κ2) is 17.0. The van der Waals surface area contributed by atoms with E-state index in [1.807, 2.05) is 11.8 Å². The Hall–Kier alpha value is -3.48. The fraction of sp³-hybridized carbons (Fsp3) is 0.548. The second-order valence-electron chi connectivity index (χ2n) is 11.8. The lowest BCUT2D eigenvalue weighted by Gasteiger charge is -2.45. The summed E-state index contributed by atoms with van der Waals surface area (Å²) in [6.45, 7) is 8.43. The molecule has 18 heteroatoms. The molecular formula is C31H41F7N4O6S. The van der Waals surface area contributed by atoms with Gasteiger partial charge in [0, 0.05) is 51.7 Å². The van der Waals surface area contributed by atoms with Crippen LogP contribution in [0.15, 0.2) is 36.4 Å². The SMILES string of the molecule is CC(=O)N1CCN([C@H]2CCN(C(=O)O)[C@@H](c3ccc(F)cc3C)C2)CC1.CN[C@H](C)c1cc(C(F)(F)F)cc(C(F)(F)F)c1.CS(=O)(=O)O. The quantitative estimate of drug-likeness (QED) is 0.259. The largest absolute Gasteiger partial charge is 0.465 e. The first kappa shape index (κ1) is 41.7. The summed E-state index contributed by atoms with van der Waals surface area (Å²) < 4.78 is 114. The fourth-order valence-electron chi connectivity index (χ4n) is 5.61. The zero-order valence-corrected chi connectivity index (χ0v) is 28.4. The van der Waals surface area contributed by atoms with E-state index in [0.29, 0.717) is 32.3 Å². The lowest BCUT2D eigenvalue weighted by Crippen LogP contribution is -2.55. The molecule has 0 radical (unpaired) electrons. The van der Waals surface area contributed by atoms with Crippen LogP contribution >= 0.6 is 0 Å². The molecule has 10 nitrogen and oxygen atoms in total. The average Bonchev–Trinajstić information content (AvgIpc) is 2.99. The molecule has 0 unspecified atom stereocenters. The number of alkyl halides is 6. The molecule has 3 atom stereocenters. The first-order chi connectivity index (χ1) is 22.4. The van der Waals surface area contributed by atoms with Crippen molar-refractivity contribution in [3.05, 3.63) is 70.0 Å². The molecule has 0 aliphatic carbocycles. The van der Waals surface area contributed by atoms with Crippen LogP contribution in [0, 0.1) is 12.7 Å². The third-order valence-electron chi connectivity index (χ3n) is 8.23. The minimum Gasteiger partial charge on any atom is -0.465 e. The molecule has 0 saturated carbocycles. The Balaban J connectivity index is 0.000000315. The average molecular weight is 731 g/mol. The number of halogens is 7. The van der Waals surface area contributed by atoms with Crippen molar-refractivity contribution in [2.24, 2.45) is 0 Å². The van der Waals surface area contributed by atoms with Gasteiger partial charge in [-0.15, -0.1) is 0 Å². The Morgan fingerprint density at radius 2 is 1.45 bits per heavy atom. The van der Waals surface area contributed by atoms with E-state index >= 15 is 0 Å². The number of carboxylic acid groups (broad SMARTS) is 1. The molecule has 4 rings (SSSR count). The first-order valence-electron chi connectivity index (χ1n) is 15.1. The molecule has 49 heavy (non-hydrogen) atoms. The van der Waals surface area contributed by atoms with Crippen LogP contribution < -0.4 is 5.32 Å². The number of benzene rings is 2. The topological polar surface area (TPSA) is 130 Å². The number of carbonyl (C=O) groups excluding carboxylic acids is 1. The van der Waals surface area contributed by atoms with Gasteiger partial charge in [0.05, 0.1) is 23.4 Å². The zero-order valence-electron chi connectivity index (χ0n) is 27.6. The van der Waals surface area contributed by atoms with Crippen molar-refractivity contribution in [1.82, 2.24) is 20.0 Å². The normalized spacial score (nSPS) is 19.6. The maximum absolute atomic E-state index is 13.5. The number of amides is 2. The summed E-state index contributed by atoms with van der Waals surface area (Å²) in [6.07, 6.45) is -8.35. The van der Waals surface area contributed by atoms with Crippen LogP contribution in [0.25, 0.3) is 0 Å². The number of rotatable bonds is 4. The van der Waals surface area contributed by atoms with Crippen LogP contribution in [0.4, 0.5) is 35.5 Å². The van der Waals surface area contributed by atoms with Crippen LogP contribution in [0.3, 0.4) is 0 Å². The van der Waals surface area contributed by atoms with Crippen molar-refractivity contribution >= 4 is 22.1 Å². The second-order valence-corrected chi connectivity index (χ2v) is 13.3. The Kier molecular flexibility index (Phi) is 14.4. The highest BCUT2D eigenvalue weighted by molar-refractivity contribution is 7.85. The molecule has 3 N–H and O–H groups in total. The fourth-order valence-corrected chi connectivity index (χ4v) is 5.61. The van der Waals surface area contributed by atoms with E-state index in [-0.39, 0.29) is 35.4 Å². The Bertz CT molecular complexity index is 1510. The number of nitrogens with zero attached hydrogens (tertiary/aromatic N) is 3. The molecule has 2 fully saturated rings. The summed E-state index contributed by atoms with van der Waals surface area (Å²) >= 11 is 0. The smallest absolute Gasteiger partial charge is 0.416 e. The number of aryl methyl sites for hydroxylation is 1. The number of carbonyl (C=O) groups is 2. The van der Waals surface area contributed by atoms with Gasteiger partial charge in [0.1, 0.15) is 5.82 Å². The van der Waals surface area contributed by atoms with Gasteiger partial charge in [-0.3, -0.25) is 14.2 Å². The Morgan fingerprint density at radius 1 is 0.939 bits per heavy atom. The van der Waals surface area contributed by atoms with Crippen molar-refractivity contribution in [2.45, 2.75) is 64.1 Å². The van der Waals surface area contributed by atoms with Crippen molar-refractivity contribution < 1.29 is 58.4 Å². The third-order valence-corrected chi connectivity index (χ3v) is 8.23. The number of nitrogens with one attached hydrogen (secondary N) is 1. The molecule has 2 amide bonds. The Labute approximate surface area is 280 Å². The van der Waals surface area contributed by atoms with Gasteiger partial charge in [0.2, 0.25) is 5.91 Å². The predicted molar refractivity (Wildman–Crippen MR) is 167 cm³/mol. The number of piperidine rings is 1. The van der Waals surface area contributed by atoms with Crippen LogP contribution in [0.2, 0.25) is 0 Å². The van der Waals surface area contributed by atoms with E-state index in [2.05, 4.69) is 10.2 Å². The molecule has 2 aliphatic rings. The molecule has 2 aromatic carbocycles. The summed E-state index contributed by atoms with van der Waals surface area (Å²) in [7, 11) is -2.21. The van der Waals surface area contributed by atoms with Crippen LogP contribution in [-0.2, 0) is 27.3 Å². The monoisotopic (exact) mass is 730 g/mol. The molecule has 2 aliphatic heterocycles. The minimum absolute atomic E-state index is 0.0559. The highest BCUT2D eigenvalue weighted by atomic mass is 32.2. The van der Waals surface area contributed by atoms with Crippen molar-refractivity contribution in [3.8, 4) is 0 Å². The van der Waals surface area contributed by atoms with Crippen LogP contribution in [0.5, 0.6) is 0 Å². The van der Waals surface area contributed by atoms with Crippen LogP contribution in [0.1, 0.15) is 66.6 Å². The lowest BCUT2D eigenvalue weighted by molar-refractivity contribution is -0.143. The van der Waals surface area contributed by atoms with Crippen LogP contribution in [-0.4, -0.2) is 96.8 Å². The summed E-state index contributed by atoms with van der Waals surface area (Å²) in [6, 6.07) is 5.53. The van der Waals surface area contributed by atoms with Crippen molar-refractivity contribution in [1.29, 1.82) is 0 Å².